The maximum atomic E-state index is 14.5. The monoisotopic (exact) mass is 1490 g/mol. The van der Waals surface area contributed by atoms with Gasteiger partial charge in [-0.15, -0.1) is 0 Å². The molecular weight excluding hydrogens is 1390 g/mol. The smallest absolute Gasteiger partial charge is 0.244 e. The van der Waals surface area contributed by atoms with Gasteiger partial charge in [0.05, 0.1) is 29.3 Å². The van der Waals surface area contributed by atoms with E-state index in [9.17, 15) is 53.3 Å². The van der Waals surface area contributed by atoms with Crippen LogP contribution in [0.5, 0.6) is 5.75 Å². The molecular formula is C81H107FN18O9. The highest BCUT2D eigenvalue weighted by Crippen LogP contribution is 2.41. The van der Waals surface area contributed by atoms with Crippen LogP contribution in [-0.2, 0) is 59.0 Å². The van der Waals surface area contributed by atoms with E-state index in [-0.39, 0.29) is 109 Å². The second-order valence-electron chi connectivity index (χ2n) is 29.4. The second-order valence-corrected chi connectivity index (χ2v) is 29.4. The summed E-state index contributed by atoms with van der Waals surface area (Å²) in [5.74, 6) is -5.19. The number of nitrogens with zero attached hydrogens (tertiary/aromatic N) is 5. The lowest BCUT2D eigenvalue weighted by atomic mass is 9.77. The molecule has 0 saturated carbocycles. The molecule has 0 aliphatic heterocycles. The lowest BCUT2D eigenvalue weighted by molar-refractivity contribution is -0.135. The molecule has 1 unspecified atom stereocenters. The molecule has 0 bridgehead atoms. The Morgan fingerprint density at radius 2 is 1.05 bits per heavy atom. The Morgan fingerprint density at radius 1 is 0.569 bits per heavy atom. The molecule has 27 nitrogen and oxygen atoms in total. The van der Waals surface area contributed by atoms with Crippen LogP contribution in [0, 0.1) is 24.1 Å². The number of fused-ring (bicyclic) bond motifs is 1. The third-order valence-electron chi connectivity index (χ3n) is 17.9. The van der Waals surface area contributed by atoms with E-state index in [0.717, 1.165) is 33.3 Å². The topological polar surface area (TPSA) is 456 Å². The van der Waals surface area contributed by atoms with Gasteiger partial charge in [0.25, 0.3) is 0 Å². The minimum Gasteiger partial charge on any atom is -0.507 e. The van der Waals surface area contributed by atoms with Crippen LogP contribution in [0.1, 0.15) is 167 Å². The number of phenolic OH excluding ortho intramolecular Hbond substituents is 1. The maximum absolute atomic E-state index is 14.5. The predicted octanol–water partition coefficient (Wildman–Crippen LogP) is 6.78. The minimum atomic E-state index is -1.35. The quantitative estimate of drug-likeness (QED) is 0.00663. The number of imidazole rings is 1. The Balaban J connectivity index is 0.000000391. The molecule has 7 rings (SSSR count). The third kappa shape index (κ3) is 26.2. The van der Waals surface area contributed by atoms with Gasteiger partial charge in [-0.25, -0.2) is 9.38 Å². The van der Waals surface area contributed by atoms with Gasteiger partial charge in [-0.05, 0) is 153 Å². The molecule has 0 aliphatic rings. The van der Waals surface area contributed by atoms with Gasteiger partial charge in [-0.3, -0.25) is 58.3 Å². The zero-order valence-corrected chi connectivity index (χ0v) is 64.3. The van der Waals surface area contributed by atoms with Gasteiger partial charge in [0.1, 0.15) is 41.8 Å². The average Bonchev–Trinajstić information content (AvgIpc) is 1.62. The Hall–Kier alpha value is -12.0. The number of carbonyl (C=O) groups excluding carboxylic acids is 8. The first-order chi connectivity index (χ1) is 51.3. The zero-order chi connectivity index (χ0) is 80.6. The number of carbonyl (C=O) groups is 8. The van der Waals surface area contributed by atoms with Crippen molar-refractivity contribution in [1.29, 1.82) is 5.41 Å². The Kier molecular flexibility index (Phi) is 31.2. The number of guanidine groups is 3. The first-order valence-corrected chi connectivity index (χ1v) is 36.1. The summed E-state index contributed by atoms with van der Waals surface area (Å²) in [6.07, 6.45) is 3.49. The normalized spacial score (nSPS) is 13.0. The van der Waals surface area contributed by atoms with Crippen LogP contribution in [0.25, 0.3) is 17.1 Å². The molecule has 0 saturated heterocycles. The lowest BCUT2D eigenvalue weighted by Gasteiger charge is -2.28. The number of halogens is 1. The van der Waals surface area contributed by atoms with Crippen molar-refractivity contribution in [2.45, 2.75) is 175 Å². The van der Waals surface area contributed by atoms with Crippen molar-refractivity contribution in [1.82, 2.24) is 41.0 Å². The van der Waals surface area contributed by atoms with Crippen LogP contribution < -0.4 is 71.9 Å². The number of nitrogens with two attached hydrogens (primary N) is 6. The molecule has 0 radical (unpaired) electrons. The number of Topliss-reactive ketones (excluding diaryl/α,β-unsaturated/α-hetero) is 2. The van der Waals surface area contributed by atoms with Crippen molar-refractivity contribution in [3.63, 3.8) is 0 Å². The molecule has 20 N–H and O–H groups in total. The van der Waals surface area contributed by atoms with Crippen LogP contribution in [0.4, 0.5) is 10.1 Å². The molecule has 582 valence electrons. The molecule has 0 fully saturated rings. The summed E-state index contributed by atoms with van der Waals surface area (Å²) >= 11 is 0. The summed E-state index contributed by atoms with van der Waals surface area (Å²) in [4.78, 5) is 121. The summed E-state index contributed by atoms with van der Waals surface area (Å²) in [5, 5.41) is 36.6. The van der Waals surface area contributed by atoms with Crippen LogP contribution in [0.15, 0.2) is 155 Å². The number of phenols is 1. The fourth-order valence-corrected chi connectivity index (χ4v) is 12.1. The van der Waals surface area contributed by atoms with Gasteiger partial charge in [0.2, 0.25) is 41.1 Å². The minimum absolute atomic E-state index is 0.0292. The maximum Gasteiger partial charge on any atom is 0.244 e. The van der Waals surface area contributed by atoms with Crippen LogP contribution in [0.2, 0.25) is 0 Å². The lowest BCUT2D eigenvalue weighted by Crippen LogP contribution is -2.59. The molecule has 6 atom stereocenters. The number of aliphatic imine (C=N–C) groups is 3. The second kappa shape index (κ2) is 39.6. The highest BCUT2D eigenvalue weighted by atomic mass is 19.1. The zero-order valence-electron chi connectivity index (χ0n) is 64.3. The van der Waals surface area contributed by atoms with Gasteiger partial charge in [0.15, 0.2) is 29.4 Å². The van der Waals surface area contributed by atoms with Gasteiger partial charge in [-0.1, -0.05) is 140 Å². The van der Waals surface area contributed by atoms with E-state index in [4.69, 9.17) is 34.4 Å². The van der Waals surface area contributed by atoms with E-state index < -0.39 is 77.5 Å². The van der Waals surface area contributed by atoms with Crippen molar-refractivity contribution in [2.75, 3.05) is 20.1 Å². The van der Waals surface area contributed by atoms with Gasteiger partial charge < -0.3 is 76.0 Å². The van der Waals surface area contributed by atoms with Crippen molar-refractivity contribution in [3.8, 4) is 5.75 Å². The van der Waals surface area contributed by atoms with Gasteiger partial charge in [0, 0.05) is 61.3 Å². The number of hydrogen-bond donors (Lipinski definition) is 14. The van der Waals surface area contributed by atoms with E-state index in [1.165, 1.54) is 44.3 Å². The number of ketones is 2. The summed E-state index contributed by atoms with van der Waals surface area (Å²) in [6.45, 7) is 21.9. The van der Waals surface area contributed by atoms with E-state index in [1.54, 1.807) is 77.4 Å². The molecule has 0 spiro atoms. The molecule has 28 heteroatoms. The Labute approximate surface area is 636 Å². The molecule has 1 aromatic heterocycles. The molecule has 7 aromatic rings. The third-order valence-corrected chi connectivity index (χ3v) is 17.9. The standard InChI is InChI=1S/C47H66FN15O6.C34H41N3O3/c1-28(2)25-36(42(67)61-35(12-8-24-57-46(51)52)41(66)60-34(40(65)55-3)11-7-23-56-45(49)50)62-44(69)38(27-31-15-20-33(21-16-31)58-47(53)54)63-43(68)37(26-30-13-18-32(48)19-14-30)59-39(64)22-17-29-9-5-4-6-10-29;1-20-10-12-23(13-11-20)19-36-29-18-24(22(3)38)14-15-28(29)37(32(36)35)21(2)30(39)25-16-26(33(4,5)6)31(40)27(17-25)34(7,8)9/h4-6,9-10,13-22,28,34-38H,7-8,11-12,23-27H2,1-3H3,(H,55,65)(H,59,64)(H,60,66)(H,61,67)(H,62,69)(H,63,68)(H4,49,50,56)(H4,51,52,57)(H4,53,54,58);10-18,21,35,40H,19H2,1-9H3/b22-17+;/t34-,35-,36-,37-,38-;/m0./s1. The van der Waals surface area contributed by atoms with Gasteiger partial charge in [-0.2, -0.15) is 0 Å². The largest absolute Gasteiger partial charge is 0.507 e. The average molecular weight is 1500 g/mol. The summed E-state index contributed by atoms with van der Waals surface area (Å²) in [6, 6.07) is 31.2. The van der Waals surface area contributed by atoms with Crippen molar-refractivity contribution in [3.05, 3.63) is 201 Å². The Bertz CT molecular complexity index is 4490. The van der Waals surface area contributed by atoms with E-state index in [0.29, 0.717) is 46.4 Å². The predicted molar refractivity (Wildman–Crippen MR) is 425 cm³/mol. The molecule has 0 aliphatic carbocycles. The number of aromatic hydroxyl groups is 1. The summed E-state index contributed by atoms with van der Waals surface area (Å²) < 4.78 is 17.5. The number of amides is 6. The number of nitrogens with one attached hydrogen (secondary N) is 7. The SMILES string of the molecule is CC(=O)c1ccc2c(c1)n(Cc1ccc(C)cc1)c(=N)n2C(C)C(=O)c1cc(C(C)(C)C)c(O)c(C(C)(C)C)c1.CNC(=O)[C@H](CCCN=C(N)N)NC(=O)[C@H](CCCN=C(N)N)NC(=O)[C@H](CC(C)C)NC(=O)[C@H](Cc1ccc(N=C(N)N)cc1)NC(=O)[C@H](Cc1ccc(F)cc1)NC(=O)/C=C/c1ccccc1. The Morgan fingerprint density at radius 3 is 1.54 bits per heavy atom. The highest BCUT2D eigenvalue weighted by Gasteiger charge is 2.35. The van der Waals surface area contributed by atoms with Gasteiger partial charge >= 0.3 is 0 Å². The van der Waals surface area contributed by atoms with Crippen molar-refractivity contribution < 1.29 is 47.9 Å². The number of rotatable bonds is 33. The van der Waals surface area contributed by atoms with E-state index in [1.807, 2.05) is 116 Å². The molecule has 6 amide bonds. The van der Waals surface area contributed by atoms with E-state index >= 15 is 0 Å². The fraction of sp³-hybridized carbons (Fsp3) is 0.383. The first-order valence-electron chi connectivity index (χ1n) is 36.1. The van der Waals surface area contributed by atoms with Crippen LogP contribution in [-0.4, -0.2) is 129 Å². The summed E-state index contributed by atoms with van der Waals surface area (Å²) in [5.41, 5.74) is 40.8. The van der Waals surface area contributed by atoms with Crippen molar-refractivity contribution >= 4 is 87.7 Å². The number of likely N-dealkylation sites (N-methyl/N-ethyl adjacent to an activating group) is 1. The van der Waals surface area contributed by atoms with Crippen molar-refractivity contribution in [2.24, 2.45) is 55.3 Å². The number of hydrogen-bond acceptors (Lipinski definition) is 13. The van der Waals surface area contributed by atoms with Crippen LogP contribution >= 0.6 is 0 Å². The fourth-order valence-electron chi connectivity index (χ4n) is 12.1. The molecule has 109 heavy (non-hydrogen) atoms. The highest BCUT2D eigenvalue weighted by molar-refractivity contribution is 6.02. The van der Waals surface area contributed by atoms with Crippen LogP contribution in [0.3, 0.4) is 0 Å². The molecule has 1 heterocycles. The summed E-state index contributed by atoms with van der Waals surface area (Å²) in [7, 11) is 1.41. The first kappa shape index (κ1) is 86.0. The number of aromatic nitrogens is 2. The number of aryl methyl sites for hydroxylation is 1. The van der Waals surface area contributed by atoms with E-state index in [2.05, 4.69) is 46.9 Å². The molecule has 6 aromatic carbocycles. The number of benzene rings is 6.